The Hall–Kier alpha value is -3.68. The van der Waals surface area contributed by atoms with Gasteiger partial charge in [-0.3, -0.25) is 4.98 Å². The summed E-state index contributed by atoms with van der Waals surface area (Å²) < 4.78 is 5.71. The van der Waals surface area contributed by atoms with E-state index in [-0.39, 0.29) is 5.56 Å². The molecule has 2 heterocycles. The molecule has 0 unspecified atom stereocenters. The van der Waals surface area contributed by atoms with Gasteiger partial charge in [-0.1, -0.05) is 18.7 Å². The van der Waals surface area contributed by atoms with Gasteiger partial charge in [-0.25, -0.2) is 9.78 Å². The molecule has 152 valence electrons. The van der Waals surface area contributed by atoms with Gasteiger partial charge in [0.25, 0.3) is 0 Å². The number of anilines is 2. The zero-order chi connectivity index (χ0) is 21.1. The number of allylic oxidation sites excluding steroid dienone is 4. The van der Waals surface area contributed by atoms with Gasteiger partial charge in [0, 0.05) is 36.3 Å². The summed E-state index contributed by atoms with van der Waals surface area (Å²) in [5.41, 5.74) is 1.35. The molecule has 0 spiro atoms. The molecule has 2 aromatic rings. The molecule has 0 atom stereocenters. The van der Waals surface area contributed by atoms with Crippen LogP contribution in [-0.4, -0.2) is 45.7 Å². The maximum atomic E-state index is 11.3. The molecule has 0 aliphatic heterocycles. The summed E-state index contributed by atoms with van der Waals surface area (Å²) in [5, 5.41) is 15.5. The van der Waals surface area contributed by atoms with Crippen molar-refractivity contribution >= 4 is 17.7 Å². The van der Waals surface area contributed by atoms with Crippen molar-refractivity contribution in [1.29, 1.82) is 0 Å². The highest BCUT2D eigenvalue weighted by molar-refractivity contribution is 5.89. The highest BCUT2D eigenvalue weighted by atomic mass is 16.5. The summed E-state index contributed by atoms with van der Waals surface area (Å²) in [7, 11) is 0. The van der Waals surface area contributed by atoms with Crippen LogP contribution in [0.5, 0.6) is 0 Å². The van der Waals surface area contributed by atoms with Crippen LogP contribution in [0.2, 0.25) is 0 Å². The second-order valence-electron chi connectivity index (χ2n) is 5.83. The largest absolute Gasteiger partial charge is 0.492 e. The van der Waals surface area contributed by atoms with Gasteiger partial charge in [0.2, 0.25) is 5.95 Å². The van der Waals surface area contributed by atoms with Crippen molar-refractivity contribution in [3.8, 4) is 11.1 Å². The zero-order valence-electron chi connectivity index (χ0n) is 16.6. The Bertz CT molecular complexity index is 909. The summed E-state index contributed by atoms with van der Waals surface area (Å²) in [6.07, 6.45) is 11.7. The summed E-state index contributed by atoms with van der Waals surface area (Å²) in [5.74, 6) is 0.698. The molecular formula is C21H25N5O3. The van der Waals surface area contributed by atoms with Gasteiger partial charge in [-0.05, 0) is 32.1 Å². The van der Waals surface area contributed by atoms with E-state index in [1.54, 1.807) is 30.6 Å². The second-order valence-corrected chi connectivity index (χ2v) is 5.83. The van der Waals surface area contributed by atoms with E-state index in [1.807, 2.05) is 26.0 Å². The molecule has 0 amide bonds. The molecule has 8 nitrogen and oxygen atoms in total. The van der Waals surface area contributed by atoms with E-state index in [1.165, 1.54) is 6.20 Å². The van der Waals surface area contributed by atoms with Crippen LogP contribution in [0.25, 0.3) is 11.1 Å². The number of nitrogens with zero attached hydrogens (tertiary/aromatic N) is 3. The van der Waals surface area contributed by atoms with Gasteiger partial charge in [0.05, 0.1) is 12.1 Å². The van der Waals surface area contributed by atoms with Gasteiger partial charge in [-0.15, -0.1) is 0 Å². The molecule has 0 aromatic carbocycles. The average Bonchev–Trinajstić information content (AvgIpc) is 2.72. The van der Waals surface area contributed by atoms with Gasteiger partial charge in [0.1, 0.15) is 18.2 Å². The summed E-state index contributed by atoms with van der Waals surface area (Å²) in [4.78, 5) is 24.1. The lowest BCUT2D eigenvalue weighted by molar-refractivity contribution is 0.0696. The molecule has 0 bridgehead atoms. The lowest BCUT2D eigenvalue weighted by Crippen LogP contribution is -2.13. The third-order valence-electron chi connectivity index (χ3n) is 3.70. The zero-order valence-corrected chi connectivity index (χ0v) is 16.6. The number of carboxylic acid groups (broad SMARTS) is 1. The summed E-state index contributed by atoms with van der Waals surface area (Å²) in [6.45, 7) is 9.09. The van der Waals surface area contributed by atoms with E-state index < -0.39 is 5.97 Å². The van der Waals surface area contributed by atoms with E-state index in [0.717, 1.165) is 0 Å². The first kappa shape index (κ1) is 21.6. The fourth-order valence-electron chi connectivity index (χ4n) is 2.45. The minimum absolute atomic E-state index is 0.0955. The molecule has 3 N–H and O–H groups in total. The van der Waals surface area contributed by atoms with Crippen molar-refractivity contribution in [2.75, 3.05) is 30.3 Å². The molecule has 2 aromatic heterocycles. The number of nitrogens with one attached hydrogen (secondary N) is 2. The van der Waals surface area contributed by atoms with Crippen LogP contribution in [-0.2, 0) is 4.74 Å². The Morgan fingerprint density at radius 1 is 1.31 bits per heavy atom. The van der Waals surface area contributed by atoms with Gasteiger partial charge < -0.3 is 20.5 Å². The van der Waals surface area contributed by atoms with E-state index >= 15 is 0 Å². The Kier molecular flexibility index (Phi) is 8.37. The fourth-order valence-corrected chi connectivity index (χ4v) is 2.45. The van der Waals surface area contributed by atoms with Crippen LogP contribution < -0.4 is 10.6 Å². The molecule has 0 saturated carbocycles. The van der Waals surface area contributed by atoms with E-state index in [2.05, 4.69) is 32.2 Å². The maximum absolute atomic E-state index is 11.3. The molecule has 2 rings (SSSR count). The van der Waals surface area contributed by atoms with Crippen molar-refractivity contribution in [3.63, 3.8) is 0 Å². The first-order chi connectivity index (χ1) is 14.1. The third-order valence-corrected chi connectivity index (χ3v) is 3.70. The van der Waals surface area contributed by atoms with Crippen molar-refractivity contribution in [2.45, 2.75) is 13.8 Å². The molecule has 0 aliphatic rings. The smallest absolute Gasteiger partial charge is 0.337 e. The lowest BCUT2D eigenvalue weighted by atomic mass is 10.1. The SMILES string of the molecule is C=C/C=C(\C=C/C)OCCNc1nc(NCC)ncc1-c1cncc(C(=O)O)c1. The van der Waals surface area contributed by atoms with E-state index in [9.17, 15) is 9.90 Å². The number of rotatable bonds is 11. The maximum Gasteiger partial charge on any atom is 0.337 e. The number of hydrogen-bond acceptors (Lipinski definition) is 7. The average molecular weight is 395 g/mol. The third kappa shape index (κ3) is 6.46. The van der Waals surface area contributed by atoms with Crippen molar-refractivity contribution < 1.29 is 14.6 Å². The van der Waals surface area contributed by atoms with Crippen LogP contribution >= 0.6 is 0 Å². The lowest BCUT2D eigenvalue weighted by Gasteiger charge is -2.13. The monoisotopic (exact) mass is 395 g/mol. The number of carbonyl (C=O) groups is 1. The van der Waals surface area contributed by atoms with Crippen LogP contribution in [0.1, 0.15) is 24.2 Å². The highest BCUT2D eigenvalue weighted by Gasteiger charge is 2.12. The predicted molar refractivity (Wildman–Crippen MR) is 114 cm³/mol. The number of hydrogen-bond donors (Lipinski definition) is 3. The van der Waals surface area contributed by atoms with Gasteiger partial charge in [0.15, 0.2) is 0 Å². The number of aromatic carboxylic acids is 1. The topological polar surface area (TPSA) is 109 Å². The normalized spacial score (nSPS) is 11.3. The molecule has 0 fully saturated rings. The molecule has 0 saturated heterocycles. The van der Waals surface area contributed by atoms with Crippen molar-refractivity contribution in [2.24, 2.45) is 0 Å². The first-order valence-corrected chi connectivity index (χ1v) is 9.20. The Morgan fingerprint density at radius 2 is 2.14 bits per heavy atom. The quantitative estimate of drug-likeness (QED) is 0.300. The number of pyridine rings is 1. The Labute approximate surface area is 170 Å². The molecule has 8 heteroatoms. The van der Waals surface area contributed by atoms with E-state index in [0.29, 0.717) is 48.3 Å². The van der Waals surface area contributed by atoms with Crippen molar-refractivity contribution in [3.05, 3.63) is 66.9 Å². The van der Waals surface area contributed by atoms with Crippen LogP contribution in [0.15, 0.2) is 61.3 Å². The van der Waals surface area contributed by atoms with Crippen LogP contribution in [0.3, 0.4) is 0 Å². The fraction of sp³-hybridized carbons (Fsp3) is 0.238. The Balaban J connectivity index is 2.21. The van der Waals surface area contributed by atoms with Crippen molar-refractivity contribution in [1.82, 2.24) is 15.0 Å². The van der Waals surface area contributed by atoms with Crippen LogP contribution in [0, 0.1) is 0 Å². The van der Waals surface area contributed by atoms with Gasteiger partial charge >= 0.3 is 5.97 Å². The predicted octanol–water partition coefficient (Wildman–Crippen LogP) is 3.74. The van der Waals surface area contributed by atoms with E-state index in [4.69, 9.17) is 4.74 Å². The van der Waals surface area contributed by atoms with Gasteiger partial charge in [-0.2, -0.15) is 4.98 Å². The first-order valence-electron chi connectivity index (χ1n) is 9.20. The second kappa shape index (κ2) is 11.2. The van der Waals surface area contributed by atoms with Crippen LogP contribution in [0.4, 0.5) is 11.8 Å². The molecule has 0 radical (unpaired) electrons. The summed E-state index contributed by atoms with van der Waals surface area (Å²) in [6, 6.07) is 1.54. The number of ether oxygens (including phenoxy) is 1. The molecule has 0 aliphatic carbocycles. The minimum Gasteiger partial charge on any atom is -0.492 e. The number of aromatic nitrogens is 3. The summed E-state index contributed by atoms with van der Waals surface area (Å²) >= 11 is 0. The molecular weight excluding hydrogens is 370 g/mol. The minimum atomic E-state index is -1.04. The standard InChI is InChI=1S/C21H25N5O3/c1-4-7-17(8-5-2)29-10-9-24-19-18(14-25-21(26-19)23-6-3)15-11-16(20(27)28)13-22-12-15/h4-5,7-8,11-14H,1,6,9-10H2,2-3H3,(H,27,28)(H2,23,24,25,26)/b8-5-,17-7+. The Morgan fingerprint density at radius 3 is 2.83 bits per heavy atom. The highest BCUT2D eigenvalue weighted by Crippen LogP contribution is 2.26. The molecule has 29 heavy (non-hydrogen) atoms. The number of carboxylic acids is 1.